The normalized spacial score (nSPS) is 29.6. The quantitative estimate of drug-likeness (QED) is 0.170. The Morgan fingerprint density at radius 1 is 0.852 bits per heavy atom. The van der Waals surface area contributed by atoms with E-state index in [-0.39, 0.29) is 0 Å². The first-order valence-electron chi connectivity index (χ1n) is 23.5. The van der Waals surface area contributed by atoms with E-state index in [0.717, 1.165) is 32.4 Å². The highest BCUT2D eigenvalue weighted by atomic mass is 32.1. The zero-order valence-electron chi connectivity index (χ0n) is 36.3. The molecule has 1 fully saturated rings. The molecule has 5 aliphatic carbocycles. The van der Waals surface area contributed by atoms with Gasteiger partial charge in [0.25, 0.3) is 0 Å². The molecule has 1 aromatic heterocycles. The number of nitrogens with one attached hydrogen (secondary N) is 1. The van der Waals surface area contributed by atoms with Crippen molar-refractivity contribution in [1.29, 1.82) is 0 Å². The van der Waals surface area contributed by atoms with E-state index >= 15 is 0 Å². The first-order valence-corrected chi connectivity index (χ1v) is 24.3. The second kappa shape index (κ2) is 16.4. The van der Waals surface area contributed by atoms with E-state index in [1.165, 1.54) is 76.0 Å². The monoisotopic (exact) mass is 819 g/mol. The first kappa shape index (κ1) is 39.0. The Kier molecular flexibility index (Phi) is 10.5. The first-order chi connectivity index (χ1) is 30.0. The van der Waals surface area contributed by atoms with E-state index in [2.05, 4.69) is 187 Å². The van der Waals surface area contributed by atoms with E-state index in [1.807, 2.05) is 0 Å². The number of nitrogens with zero attached hydrogens (tertiary/aromatic N) is 2. The number of hydrogen-bond acceptors (Lipinski definition) is 4. The summed E-state index contributed by atoms with van der Waals surface area (Å²) >= 11 is 2.05. The van der Waals surface area contributed by atoms with Gasteiger partial charge in [-0.25, -0.2) is 0 Å². The van der Waals surface area contributed by atoms with Crippen molar-refractivity contribution in [3.63, 3.8) is 0 Å². The predicted molar refractivity (Wildman–Crippen MR) is 258 cm³/mol. The molecule has 0 saturated carbocycles. The third kappa shape index (κ3) is 7.08. The fourth-order valence-corrected chi connectivity index (χ4v) is 13.8. The molecule has 310 valence electrons. The number of hydrogen-bond donors (Lipinski definition) is 1. The van der Waals surface area contributed by atoms with Crippen molar-refractivity contribution >= 4 is 33.2 Å². The molecule has 8 unspecified atom stereocenters. The van der Waals surface area contributed by atoms with Crippen molar-refractivity contribution in [2.24, 2.45) is 23.7 Å². The Bertz CT molecular complexity index is 2560. The number of para-hydroxylation sites is 1. The SMILES string of the molecule is C/C=C\CN(C1=CC=C(C2=CC3=C(CC2)C2c4sc5ccccc5c4C=CC2N3C2CC(C3C=C(C4=CCC(c5ccccc5)CC4)CC3C)CN2)CC1C)c1ccccc1. The minimum absolute atomic E-state index is 0.336. The molecule has 0 radical (unpaired) electrons. The molecule has 1 saturated heterocycles. The van der Waals surface area contributed by atoms with Crippen LogP contribution in [0.1, 0.15) is 100.0 Å². The zero-order valence-corrected chi connectivity index (χ0v) is 37.1. The van der Waals surface area contributed by atoms with E-state index in [4.69, 9.17) is 0 Å². The fraction of sp³-hybridized carbons (Fsp3) is 0.368. The van der Waals surface area contributed by atoms with Crippen molar-refractivity contribution in [2.75, 3.05) is 18.0 Å². The summed E-state index contributed by atoms with van der Waals surface area (Å²) in [5, 5.41) is 5.61. The molecule has 0 bridgehead atoms. The van der Waals surface area contributed by atoms with Crippen molar-refractivity contribution in [3.05, 3.63) is 189 Å². The number of rotatable bonds is 9. The van der Waals surface area contributed by atoms with Gasteiger partial charge in [0, 0.05) is 51.6 Å². The van der Waals surface area contributed by atoms with Gasteiger partial charge in [-0.15, -0.1) is 11.3 Å². The molecule has 4 heteroatoms. The van der Waals surface area contributed by atoms with Crippen LogP contribution < -0.4 is 10.2 Å². The smallest absolute Gasteiger partial charge is 0.0805 e. The molecule has 0 amide bonds. The van der Waals surface area contributed by atoms with Crippen LogP contribution in [0.5, 0.6) is 0 Å². The molecule has 3 nitrogen and oxygen atoms in total. The molecular weight excluding hydrogens is 759 g/mol. The largest absolute Gasteiger partial charge is 0.349 e. The van der Waals surface area contributed by atoms with E-state index in [1.54, 1.807) is 27.2 Å². The van der Waals surface area contributed by atoms with E-state index < -0.39 is 0 Å². The van der Waals surface area contributed by atoms with Crippen LogP contribution in [-0.4, -0.2) is 30.2 Å². The minimum atomic E-state index is 0.336. The van der Waals surface area contributed by atoms with Crippen molar-refractivity contribution in [3.8, 4) is 0 Å². The van der Waals surface area contributed by atoms with Crippen LogP contribution in [0.2, 0.25) is 0 Å². The number of allylic oxidation sites excluding steroid dienone is 11. The van der Waals surface area contributed by atoms with Gasteiger partial charge in [-0.2, -0.15) is 0 Å². The lowest BCUT2D eigenvalue weighted by atomic mass is 9.79. The Labute approximate surface area is 368 Å². The third-order valence-electron chi connectivity index (χ3n) is 15.5. The second-order valence-electron chi connectivity index (χ2n) is 19.1. The van der Waals surface area contributed by atoms with Gasteiger partial charge >= 0.3 is 0 Å². The number of benzene rings is 3. The van der Waals surface area contributed by atoms with Gasteiger partial charge in [0.15, 0.2) is 0 Å². The van der Waals surface area contributed by atoms with Gasteiger partial charge in [0.1, 0.15) is 0 Å². The molecule has 7 aliphatic rings. The summed E-state index contributed by atoms with van der Waals surface area (Å²) in [6, 6.07) is 31.6. The maximum Gasteiger partial charge on any atom is 0.0805 e. The van der Waals surface area contributed by atoms with Crippen molar-refractivity contribution in [1.82, 2.24) is 10.2 Å². The van der Waals surface area contributed by atoms with E-state index in [9.17, 15) is 0 Å². The Morgan fingerprint density at radius 2 is 1.67 bits per heavy atom. The van der Waals surface area contributed by atoms with Gasteiger partial charge in [-0.3, -0.25) is 5.32 Å². The van der Waals surface area contributed by atoms with E-state index in [0.29, 0.717) is 47.7 Å². The van der Waals surface area contributed by atoms with Crippen LogP contribution in [0.15, 0.2) is 173 Å². The Morgan fingerprint density at radius 3 is 2.48 bits per heavy atom. The summed E-state index contributed by atoms with van der Waals surface area (Å²) in [5.41, 5.74) is 15.2. The van der Waals surface area contributed by atoms with Gasteiger partial charge in [0.05, 0.1) is 12.2 Å². The molecule has 11 rings (SSSR count). The average Bonchev–Trinajstić information content (AvgIpc) is 4.10. The minimum Gasteiger partial charge on any atom is -0.349 e. The lowest BCUT2D eigenvalue weighted by molar-refractivity contribution is 0.203. The van der Waals surface area contributed by atoms with Gasteiger partial charge in [-0.1, -0.05) is 123 Å². The molecule has 4 aromatic rings. The van der Waals surface area contributed by atoms with Crippen molar-refractivity contribution in [2.45, 2.75) is 96.2 Å². The average molecular weight is 820 g/mol. The maximum absolute atomic E-state index is 4.19. The van der Waals surface area contributed by atoms with Crippen LogP contribution in [-0.2, 0) is 0 Å². The predicted octanol–water partition coefficient (Wildman–Crippen LogP) is 14.0. The van der Waals surface area contributed by atoms with Crippen LogP contribution in [0.25, 0.3) is 16.2 Å². The summed E-state index contributed by atoms with van der Waals surface area (Å²) in [5.74, 6) is 3.52. The lowest BCUT2D eigenvalue weighted by Crippen LogP contribution is -2.45. The number of thiophene rings is 1. The van der Waals surface area contributed by atoms with Crippen LogP contribution in [0, 0.1) is 23.7 Å². The second-order valence-corrected chi connectivity index (χ2v) is 20.2. The lowest BCUT2D eigenvalue weighted by Gasteiger charge is -2.37. The summed E-state index contributed by atoms with van der Waals surface area (Å²) < 4.78 is 1.42. The van der Waals surface area contributed by atoms with Gasteiger partial charge < -0.3 is 9.80 Å². The Balaban J connectivity index is 0.890. The molecule has 8 atom stereocenters. The van der Waals surface area contributed by atoms with Gasteiger partial charge in [0.2, 0.25) is 0 Å². The van der Waals surface area contributed by atoms with Crippen LogP contribution in [0.3, 0.4) is 0 Å². The summed E-state index contributed by atoms with van der Waals surface area (Å²) in [6.07, 6.45) is 32.2. The third-order valence-corrected chi connectivity index (χ3v) is 16.8. The van der Waals surface area contributed by atoms with Crippen LogP contribution in [0.4, 0.5) is 5.69 Å². The zero-order chi connectivity index (χ0) is 41.0. The molecule has 0 spiro atoms. The highest BCUT2D eigenvalue weighted by molar-refractivity contribution is 7.19. The molecule has 1 N–H and O–H groups in total. The molecule has 3 heterocycles. The van der Waals surface area contributed by atoms with Gasteiger partial charge in [-0.05, 0) is 157 Å². The summed E-state index contributed by atoms with van der Waals surface area (Å²) in [7, 11) is 0. The summed E-state index contributed by atoms with van der Waals surface area (Å²) in [6.45, 7) is 9.08. The topological polar surface area (TPSA) is 18.5 Å². The number of fused-ring (bicyclic) bond motifs is 6. The maximum atomic E-state index is 4.19. The van der Waals surface area contributed by atoms with Crippen LogP contribution >= 0.6 is 11.3 Å². The highest BCUT2D eigenvalue weighted by Gasteiger charge is 2.49. The molecule has 3 aromatic carbocycles. The fourth-order valence-electron chi connectivity index (χ4n) is 12.4. The Hall–Kier alpha value is -4.90. The number of anilines is 1. The van der Waals surface area contributed by atoms with Crippen molar-refractivity contribution < 1.29 is 0 Å². The molecule has 2 aliphatic heterocycles. The highest BCUT2D eigenvalue weighted by Crippen LogP contribution is 2.56. The molecular formula is C57H61N3S. The summed E-state index contributed by atoms with van der Waals surface area (Å²) in [4.78, 5) is 6.97. The molecule has 61 heavy (non-hydrogen) atoms. The standard InChI is InChI=1S/C57H61N3S/c1-4-5-30-59(46-16-10-7-11-17-46)51-28-25-42(32-38(51)3)43-24-26-49-53(34-43)60(52-29-27-48-47-18-12-13-19-54(47)61-57(48)56(49)52)55-35-45(36-58-55)50-33-44(31-37(50)2)41-22-20-40(21-23-41)39-14-8-6-9-15-39/h4-19,22,25,27-29,33-34,37-38,40,45,50,52,55-56,58H,20-21,23-24,26,30-32,35-36H2,1-3H3/b5-4-.